The van der Waals surface area contributed by atoms with Crippen molar-refractivity contribution < 1.29 is 4.74 Å². The first-order chi connectivity index (χ1) is 9.62. The predicted octanol–water partition coefficient (Wildman–Crippen LogP) is 3.19. The van der Waals surface area contributed by atoms with E-state index >= 15 is 0 Å². The van der Waals surface area contributed by atoms with E-state index in [0.717, 1.165) is 13.1 Å². The van der Waals surface area contributed by atoms with Crippen molar-refractivity contribution in [1.82, 2.24) is 10.2 Å². The topological polar surface area (TPSA) is 24.5 Å². The minimum absolute atomic E-state index is 0.328. The van der Waals surface area contributed by atoms with Crippen LogP contribution in [0.2, 0.25) is 0 Å². The highest BCUT2D eigenvalue weighted by Crippen LogP contribution is 2.27. The van der Waals surface area contributed by atoms with Crippen LogP contribution in [0.1, 0.15) is 66.2 Å². The molecule has 0 aromatic carbocycles. The number of nitrogens with zero attached hydrogens (tertiary/aromatic N) is 1. The maximum absolute atomic E-state index is 6.06. The van der Waals surface area contributed by atoms with E-state index in [1.807, 2.05) is 0 Å². The van der Waals surface area contributed by atoms with Gasteiger partial charge in [-0.05, 0) is 39.0 Å². The fraction of sp³-hybridized carbons (Fsp3) is 1.00. The molecule has 0 bridgehead atoms. The van der Waals surface area contributed by atoms with E-state index in [1.54, 1.807) is 0 Å². The van der Waals surface area contributed by atoms with Gasteiger partial charge in [0.05, 0.1) is 12.2 Å². The average molecular weight is 282 g/mol. The number of ether oxygens (including phenoxy) is 1. The Balaban J connectivity index is 1.98. The zero-order valence-electron chi connectivity index (χ0n) is 14.0. The van der Waals surface area contributed by atoms with Gasteiger partial charge in [0.2, 0.25) is 0 Å². The van der Waals surface area contributed by atoms with Gasteiger partial charge in [0.25, 0.3) is 0 Å². The van der Waals surface area contributed by atoms with Gasteiger partial charge < -0.3 is 10.1 Å². The summed E-state index contributed by atoms with van der Waals surface area (Å²) in [5, 5.41) is 3.85. The molecule has 3 atom stereocenters. The molecule has 20 heavy (non-hydrogen) atoms. The average Bonchev–Trinajstić information content (AvgIpc) is 2.86. The molecule has 0 aromatic heterocycles. The smallest absolute Gasteiger partial charge is 0.0706 e. The van der Waals surface area contributed by atoms with Crippen molar-refractivity contribution in [3.8, 4) is 0 Å². The zero-order chi connectivity index (χ0) is 14.6. The first kappa shape index (κ1) is 16.3. The molecule has 2 saturated heterocycles. The lowest BCUT2D eigenvalue weighted by Crippen LogP contribution is -2.64. The number of nitrogens with one attached hydrogen (secondary N) is 1. The van der Waals surface area contributed by atoms with Crippen LogP contribution in [0.15, 0.2) is 0 Å². The lowest BCUT2D eigenvalue weighted by molar-refractivity contribution is -0.00514. The number of rotatable bonds is 6. The van der Waals surface area contributed by atoms with E-state index in [4.69, 9.17) is 4.74 Å². The van der Waals surface area contributed by atoms with Crippen LogP contribution in [0, 0.1) is 0 Å². The van der Waals surface area contributed by atoms with Gasteiger partial charge in [-0.1, -0.05) is 27.2 Å². The van der Waals surface area contributed by atoms with Crippen molar-refractivity contribution in [2.45, 2.75) is 90.0 Å². The van der Waals surface area contributed by atoms with Crippen LogP contribution < -0.4 is 5.32 Å². The third kappa shape index (κ3) is 3.75. The van der Waals surface area contributed by atoms with Crippen LogP contribution in [0.4, 0.5) is 0 Å². The highest BCUT2D eigenvalue weighted by Gasteiger charge is 2.37. The summed E-state index contributed by atoms with van der Waals surface area (Å²) in [6.45, 7) is 12.6. The molecule has 2 aliphatic heterocycles. The molecule has 2 aliphatic rings. The van der Waals surface area contributed by atoms with E-state index in [0.29, 0.717) is 23.8 Å². The number of hydrogen-bond acceptors (Lipinski definition) is 3. The fourth-order valence-electron chi connectivity index (χ4n) is 3.87. The van der Waals surface area contributed by atoms with Crippen LogP contribution in [0.3, 0.4) is 0 Å². The summed E-state index contributed by atoms with van der Waals surface area (Å²) in [7, 11) is 0. The standard InChI is InChI=1S/C17H34N2O/c1-5-8-15-11-18-17(6-2,7-3)13-19(15)12-16-10-9-14(4)20-16/h14-16,18H,5-13H2,1-4H3. The second-order valence-corrected chi connectivity index (χ2v) is 6.89. The molecule has 0 saturated carbocycles. The van der Waals surface area contributed by atoms with Crippen molar-refractivity contribution in [2.75, 3.05) is 19.6 Å². The Hall–Kier alpha value is -0.120. The van der Waals surface area contributed by atoms with Gasteiger partial charge in [0.1, 0.15) is 0 Å². The van der Waals surface area contributed by atoms with Gasteiger partial charge in [-0.2, -0.15) is 0 Å². The molecular formula is C17H34N2O. The first-order valence-electron chi connectivity index (χ1n) is 8.77. The lowest BCUT2D eigenvalue weighted by Gasteiger charge is -2.48. The van der Waals surface area contributed by atoms with Gasteiger partial charge >= 0.3 is 0 Å². The molecule has 0 spiro atoms. The van der Waals surface area contributed by atoms with Gasteiger partial charge in [0, 0.05) is 31.2 Å². The molecule has 2 fully saturated rings. The minimum atomic E-state index is 0.328. The van der Waals surface area contributed by atoms with E-state index in [1.165, 1.54) is 45.1 Å². The summed E-state index contributed by atoms with van der Waals surface area (Å²) in [5.41, 5.74) is 0.328. The van der Waals surface area contributed by atoms with Crippen LogP contribution in [0.25, 0.3) is 0 Å². The maximum Gasteiger partial charge on any atom is 0.0706 e. The third-order valence-corrected chi connectivity index (χ3v) is 5.47. The molecule has 2 rings (SSSR count). The second kappa shape index (κ2) is 7.24. The van der Waals surface area contributed by atoms with Crippen molar-refractivity contribution in [2.24, 2.45) is 0 Å². The third-order valence-electron chi connectivity index (χ3n) is 5.47. The molecule has 0 aromatic rings. The van der Waals surface area contributed by atoms with Crippen LogP contribution in [-0.2, 0) is 4.74 Å². The maximum atomic E-state index is 6.06. The Bertz CT molecular complexity index is 291. The number of piperazine rings is 1. The Morgan fingerprint density at radius 2 is 1.95 bits per heavy atom. The highest BCUT2D eigenvalue weighted by atomic mass is 16.5. The van der Waals surface area contributed by atoms with Crippen LogP contribution in [0.5, 0.6) is 0 Å². The van der Waals surface area contributed by atoms with Crippen molar-refractivity contribution >= 4 is 0 Å². The second-order valence-electron chi connectivity index (χ2n) is 6.89. The van der Waals surface area contributed by atoms with Gasteiger partial charge in [-0.15, -0.1) is 0 Å². The monoisotopic (exact) mass is 282 g/mol. The van der Waals surface area contributed by atoms with E-state index in [2.05, 4.69) is 37.9 Å². The molecule has 2 heterocycles. The molecule has 3 unspecified atom stereocenters. The molecule has 118 valence electrons. The van der Waals surface area contributed by atoms with E-state index < -0.39 is 0 Å². The zero-order valence-corrected chi connectivity index (χ0v) is 14.0. The summed E-state index contributed by atoms with van der Waals surface area (Å²) in [6, 6.07) is 0.700. The summed E-state index contributed by atoms with van der Waals surface area (Å²) in [6.07, 6.45) is 8.44. The molecule has 3 heteroatoms. The van der Waals surface area contributed by atoms with Gasteiger partial charge in [-0.3, -0.25) is 4.90 Å². The summed E-state index contributed by atoms with van der Waals surface area (Å²) >= 11 is 0. The highest BCUT2D eigenvalue weighted by molar-refractivity contribution is 4.97. The molecule has 0 amide bonds. The predicted molar refractivity (Wildman–Crippen MR) is 85.2 cm³/mol. The van der Waals surface area contributed by atoms with Crippen LogP contribution >= 0.6 is 0 Å². The SMILES string of the molecule is CCCC1CNC(CC)(CC)CN1CC1CCC(C)O1. The van der Waals surface area contributed by atoms with Crippen LogP contribution in [-0.4, -0.2) is 48.3 Å². The summed E-state index contributed by atoms with van der Waals surface area (Å²) in [5.74, 6) is 0. The van der Waals surface area contributed by atoms with E-state index in [-0.39, 0.29) is 0 Å². The molecule has 3 nitrogen and oxygen atoms in total. The molecular weight excluding hydrogens is 248 g/mol. The molecule has 0 aliphatic carbocycles. The van der Waals surface area contributed by atoms with E-state index in [9.17, 15) is 0 Å². The normalized spacial score (nSPS) is 34.5. The molecule has 0 radical (unpaired) electrons. The Labute approximate surface area is 125 Å². The lowest BCUT2D eigenvalue weighted by atomic mass is 9.87. The Morgan fingerprint density at radius 1 is 1.20 bits per heavy atom. The first-order valence-corrected chi connectivity index (χ1v) is 8.77. The summed E-state index contributed by atoms with van der Waals surface area (Å²) < 4.78 is 6.06. The van der Waals surface area contributed by atoms with Crippen molar-refractivity contribution in [3.05, 3.63) is 0 Å². The quantitative estimate of drug-likeness (QED) is 0.810. The summed E-state index contributed by atoms with van der Waals surface area (Å²) in [4.78, 5) is 2.73. The Morgan fingerprint density at radius 3 is 2.50 bits per heavy atom. The minimum Gasteiger partial charge on any atom is -0.374 e. The van der Waals surface area contributed by atoms with Crippen molar-refractivity contribution in [3.63, 3.8) is 0 Å². The largest absolute Gasteiger partial charge is 0.374 e. The van der Waals surface area contributed by atoms with Gasteiger partial charge in [0.15, 0.2) is 0 Å². The molecule has 1 N–H and O–H groups in total. The number of hydrogen-bond donors (Lipinski definition) is 1. The fourth-order valence-corrected chi connectivity index (χ4v) is 3.87. The Kier molecular flexibility index (Phi) is 5.88. The van der Waals surface area contributed by atoms with Gasteiger partial charge in [-0.25, -0.2) is 0 Å². The van der Waals surface area contributed by atoms with Crippen molar-refractivity contribution in [1.29, 1.82) is 0 Å².